The quantitative estimate of drug-likeness (QED) is 0.587. The maximum atomic E-state index is 12.3. The number of hydrogen-bond donors (Lipinski definition) is 2. The molecule has 2 N–H and O–H groups in total. The topological polar surface area (TPSA) is 67.4 Å². The van der Waals surface area contributed by atoms with E-state index in [2.05, 4.69) is 10.6 Å². The van der Waals surface area contributed by atoms with E-state index in [4.69, 9.17) is 16.3 Å². The number of anilines is 1. The fraction of sp³-hybridized carbons (Fsp3) is 0.130. The molecule has 0 saturated heterocycles. The van der Waals surface area contributed by atoms with Crippen LogP contribution >= 0.6 is 11.6 Å². The summed E-state index contributed by atoms with van der Waals surface area (Å²) in [7, 11) is 0. The lowest BCUT2D eigenvalue weighted by molar-refractivity contribution is -0.123. The standard InChI is InChI=1S/C23H21ClN2O3/c1-16(17-7-3-2-4-8-17)25-22(27)15-29-19-13-11-18(12-14-19)26-23(28)20-9-5-6-10-21(20)24/h2-14,16H,15H2,1H3,(H,25,27)(H,26,28)/t16-/m0/s1. The average molecular weight is 409 g/mol. The van der Waals surface area contributed by atoms with Crippen molar-refractivity contribution in [1.29, 1.82) is 0 Å². The average Bonchev–Trinajstić information content (AvgIpc) is 2.74. The zero-order chi connectivity index (χ0) is 20.6. The Morgan fingerprint density at radius 1 is 0.931 bits per heavy atom. The highest BCUT2D eigenvalue weighted by Crippen LogP contribution is 2.19. The van der Waals surface area contributed by atoms with E-state index in [9.17, 15) is 9.59 Å². The van der Waals surface area contributed by atoms with Gasteiger partial charge in [-0.05, 0) is 48.9 Å². The second-order valence-electron chi connectivity index (χ2n) is 6.45. The molecule has 1 atom stereocenters. The van der Waals surface area contributed by atoms with Crippen LogP contribution in [0.5, 0.6) is 5.75 Å². The molecule has 0 spiro atoms. The normalized spacial score (nSPS) is 11.4. The van der Waals surface area contributed by atoms with E-state index >= 15 is 0 Å². The third kappa shape index (κ3) is 5.83. The van der Waals surface area contributed by atoms with Gasteiger partial charge in [-0.1, -0.05) is 54.1 Å². The van der Waals surface area contributed by atoms with Crippen LogP contribution in [-0.4, -0.2) is 18.4 Å². The first-order valence-electron chi connectivity index (χ1n) is 9.16. The molecule has 29 heavy (non-hydrogen) atoms. The number of carbonyl (C=O) groups excluding carboxylic acids is 2. The molecule has 0 bridgehead atoms. The van der Waals surface area contributed by atoms with E-state index in [0.29, 0.717) is 22.0 Å². The van der Waals surface area contributed by atoms with Gasteiger partial charge in [0.15, 0.2) is 6.61 Å². The highest BCUT2D eigenvalue weighted by molar-refractivity contribution is 6.34. The molecule has 3 aromatic carbocycles. The van der Waals surface area contributed by atoms with E-state index in [1.54, 1.807) is 48.5 Å². The summed E-state index contributed by atoms with van der Waals surface area (Å²) in [6.45, 7) is 1.83. The minimum Gasteiger partial charge on any atom is -0.484 e. The fourth-order valence-electron chi connectivity index (χ4n) is 2.74. The van der Waals surface area contributed by atoms with E-state index in [1.807, 2.05) is 37.3 Å². The number of amides is 2. The monoisotopic (exact) mass is 408 g/mol. The van der Waals surface area contributed by atoms with Gasteiger partial charge < -0.3 is 15.4 Å². The first-order chi connectivity index (χ1) is 14.0. The van der Waals surface area contributed by atoms with Crippen molar-refractivity contribution in [1.82, 2.24) is 5.32 Å². The van der Waals surface area contributed by atoms with Crippen molar-refractivity contribution in [3.05, 3.63) is 95.0 Å². The summed E-state index contributed by atoms with van der Waals surface area (Å²) in [6.07, 6.45) is 0. The minimum atomic E-state index is -0.293. The minimum absolute atomic E-state index is 0.0947. The fourth-order valence-corrected chi connectivity index (χ4v) is 2.96. The molecular weight excluding hydrogens is 388 g/mol. The van der Waals surface area contributed by atoms with Crippen molar-refractivity contribution < 1.29 is 14.3 Å². The number of nitrogens with one attached hydrogen (secondary N) is 2. The number of benzene rings is 3. The lowest BCUT2D eigenvalue weighted by atomic mass is 10.1. The smallest absolute Gasteiger partial charge is 0.258 e. The molecule has 3 rings (SSSR count). The maximum Gasteiger partial charge on any atom is 0.258 e. The molecule has 5 nitrogen and oxygen atoms in total. The van der Waals surface area contributed by atoms with Gasteiger partial charge in [-0.3, -0.25) is 9.59 Å². The SMILES string of the molecule is C[C@H](NC(=O)COc1ccc(NC(=O)c2ccccc2Cl)cc1)c1ccccc1. The van der Waals surface area contributed by atoms with Gasteiger partial charge in [0.05, 0.1) is 16.6 Å². The highest BCUT2D eigenvalue weighted by Gasteiger charge is 2.11. The van der Waals surface area contributed by atoms with Crippen LogP contribution in [0.1, 0.15) is 28.9 Å². The summed E-state index contributed by atoms with van der Waals surface area (Å²) in [4.78, 5) is 24.4. The molecule has 2 amide bonds. The van der Waals surface area contributed by atoms with Gasteiger partial charge in [-0.2, -0.15) is 0 Å². The summed E-state index contributed by atoms with van der Waals surface area (Å²) in [5, 5.41) is 6.06. The van der Waals surface area contributed by atoms with Gasteiger partial charge >= 0.3 is 0 Å². The molecule has 0 saturated carbocycles. The number of halogens is 1. The first kappa shape index (κ1) is 20.4. The Balaban J connectivity index is 1.49. The first-order valence-corrected chi connectivity index (χ1v) is 9.54. The zero-order valence-electron chi connectivity index (χ0n) is 15.9. The third-order valence-corrected chi connectivity index (χ3v) is 4.61. The summed E-state index contributed by atoms with van der Waals surface area (Å²) in [5.41, 5.74) is 2.03. The van der Waals surface area contributed by atoms with Gasteiger partial charge in [0.1, 0.15) is 5.75 Å². The van der Waals surface area contributed by atoms with Crippen molar-refractivity contribution in [2.24, 2.45) is 0 Å². The third-order valence-electron chi connectivity index (χ3n) is 4.28. The Bertz CT molecular complexity index is 975. The summed E-state index contributed by atoms with van der Waals surface area (Å²) < 4.78 is 5.52. The predicted octanol–water partition coefficient (Wildman–Crippen LogP) is 4.85. The largest absolute Gasteiger partial charge is 0.484 e. The molecule has 3 aromatic rings. The van der Waals surface area contributed by atoms with Gasteiger partial charge in [-0.15, -0.1) is 0 Å². The van der Waals surface area contributed by atoms with Crippen molar-refractivity contribution in [2.45, 2.75) is 13.0 Å². The molecular formula is C23H21ClN2O3. The molecule has 0 aliphatic carbocycles. The van der Waals surface area contributed by atoms with Crippen molar-refractivity contribution in [2.75, 3.05) is 11.9 Å². The Kier molecular flexibility index (Phi) is 6.87. The van der Waals surface area contributed by atoms with E-state index in [1.165, 1.54) is 0 Å². The second kappa shape index (κ2) is 9.75. The van der Waals surface area contributed by atoms with Crippen LogP contribution in [-0.2, 0) is 4.79 Å². The number of ether oxygens (including phenoxy) is 1. The molecule has 0 fully saturated rings. The van der Waals surface area contributed by atoms with Gasteiger partial charge in [0.2, 0.25) is 0 Å². The van der Waals surface area contributed by atoms with Gasteiger partial charge in [0, 0.05) is 5.69 Å². The molecule has 0 heterocycles. The Morgan fingerprint density at radius 2 is 1.59 bits per heavy atom. The summed E-state index contributed by atoms with van der Waals surface area (Å²) in [5.74, 6) is 0.0271. The molecule has 0 unspecified atom stereocenters. The van der Waals surface area contributed by atoms with Crippen LogP contribution < -0.4 is 15.4 Å². The van der Waals surface area contributed by atoms with Crippen molar-refractivity contribution in [3.63, 3.8) is 0 Å². The maximum absolute atomic E-state index is 12.3. The van der Waals surface area contributed by atoms with Crippen LogP contribution in [0, 0.1) is 0 Å². The zero-order valence-corrected chi connectivity index (χ0v) is 16.6. The molecule has 0 aromatic heterocycles. The number of carbonyl (C=O) groups is 2. The van der Waals surface area contributed by atoms with E-state index in [0.717, 1.165) is 5.56 Å². The highest BCUT2D eigenvalue weighted by atomic mass is 35.5. The van der Waals surface area contributed by atoms with Gasteiger partial charge in [-0.25, -0.2) is 0 Å². The lowest BCUT2D eigenvalue weighted by Gasteiger charge is -2.14. The predicted molar refractivity (Wildman–Crippen MR) is 114 cm³/mol. The van der Waals surface area contributed by atoms with Crippen LogP contribution in [0.25, 0.3) is 0 Å². The summed E-state index contributed by atoms with van der Waals surface area (Å²) >= 11 is 6.04. The van der Waals surface area contributed by atoms with Crippen LogP contribution in [0.4, 0.5) is 5.69 Å². The molecule has 0 aliphatic heterocycles. The Hall–Kier alpha value is -3.31. The van der Waals surface area contributed by atoms with Crippen LogP contribution in [0.3, 0.4) is 0 Å². The molecule has 6 heteroatoms. The Morgan fingerprint density at radius 3 is 2.28 bits per heavy atom. The van der Waals surface area contributed by atoms with Crippen LogP contribution in [0.15, 0.2) is 78.9 Å². The Labute approximate surface area is 174 Å². The summed E-state index contributed by atoms with van der Waals surface area (Å²) in [6, 6.07) is 23.2. The van der Waals surface area contributed by atoms with E-state index in [-0.39, 0.29) is 24.5 Å². The molecule has 148 valence electrons. The number of hydrogen-bond acceptors (Lipinski definition) is 3. The molecule has 0 aliphatic rings. The van der Waals surface area contributed by atoms with Crippen molar-refractivity contribution in [3.8, 4) is 5.75 Å². The van der Waals surface area contributed by atoms with E-state index < -0.39 is 0 Å². The molecule has 0 radical (unpaired) electrons. The van der Waals surface area contributed by atoms with Gasteiger partial charge in [0.25, 0.3) is 11.8 Å². The van der Waals surface area contributed by atoms with Crippen molar-refractivity contribution >= 4 is 29.1 Å². The number of rotatable bonds is 7. The lowest BCUT2D eigenvalue weighted by Crippen LogP contribution is -2.31. The second-order valence-corrected chi connectivity index (χ2v) is 6.85. The van der Waals surface area contributed by atoms with Crippen LogP contribution in [0.2, 0.25) is 5.02 Å².